The highest BCUT2D eigenvalue weighted by molar-refractivity contribution is 9.10. The van der Waals surface area contributed by atoms with Gasteiger partial charge in [0, 0.05) is 33.5 Å². The highest BCUT2D eigenvalue weighted by atomic mass is 79.9. The van der Waals surface area contributed by atoms with Crippen LogP contribution in [0.1, 0.15) is 30.1 Å². The van der Waals surface area contributed by atoms with Crippen LogP contribution < -0.4 is 5.32 Å². The summed E-state index contributed by atoms with van der Waals surface area (Å²) in [6, 6.07) is 8.53. The van der Waals surface area contributed by atoms with Gasteiger partial charge in [0.1, 0.15) is 0 Å². The summed E-state index contributed by atoms with van der Waals surface area (Å²) in [5.74, 6) is 0.816. The Balaban J connectivity index is 2.02. The minimum Gasteiger partial charge on any atom is -0.313 e. The van der Waals surface area contributed by atoms with E-state index in [0.29, 0.717) is 6.04 Å². The van der Waals surface area contributed by atoms with Crippen molar-refractivity contribution in [2.75, 3.05) is 7.05 Å². The van der Waals surface area contributed by atoms with E-state index in [4.69, 9.17) is 4.98 Å². The van der Waals surface area contributed by atoms with Crippen LogP contribution in [-0.2, 0) is 6.42 Å². The highest BCUT2D eigenvalue weighted by Crippen LogP contribution is 2.29. The van der Waals surface area contributed by atoms with Gasteiger partial charge in [0.05, 0.1) is 0 Å². The Morgan fingerprint density at radius 3 is 3.05 bits per heavy atom. The number of fused-ring (bicyclic) bond motifs is 1. The Kier molecular flexibility index (Phi) is 3.62. The van der Waals surface area contributed by atoms with Crippen LogP contribution in [0, 0.1) is 0 Å². The molecule has 19 heavy (non-hydrogen) atoms. The molecule has 3 rings (SSSR count). The fraction of sp³-hybridized carbons (Fsp3) is 0.333. The third-order valence-electron chi connectivity index (χ3n) is 3.61. The van der Waals surface area contributed by atoms with E-state index < -0.39 is 0 Å². The molecular formula is C15H16BrN3. The van der Waals surface area contributed by atoms with Crippen molar-refractivity contribution in [1.29, 1.82) is 0 Å². The molecule has 1 aliphatic carbocycles. The van der Waals surface area contributed by atoms with Gasteiger partial charge in [-0.05, 0) is 38.4 Å². The molecule has 0 spiro atoms. The number of halogens is 1. The molecule has 0 saturated heterocycles. The van der Waals surface area contributed by atoms with Crippen molar-refractivity contribution in [3.05, 3.63) is 46.2 Å². The fourth-order valence-corrected chi connectivity index (χ4v) is 3.01. The number of aromatic nitrogens is 2. The Bertz CT molecular complexity index is 598. The second-order valence-corrected chi connectivity index (χ2v) is 5.76. The van der Waals surface area contributed by atoms with E-state index in [1.807, 2.05) is 31.4 Å². The van der Waals surface area contributed by atoms with Crippen LogP contribution >= 0.6 is 15.9 Å². The summed E-state index contributed by atoms with van der Waals surface area (Å²) < 4.78 is 1.06. The first-order valence-electron chi connectivity index (χ1n) is 6.57. The predicted octanol–water partition coefficient (Wildman–Crippen LogP) is 3.50. The Labute approximate surface area is 121 Å². The molecule has 1 heterocycles. The van der Waals surface area contributed by atoms with Crippen molar-refractivity contribution in [2.24, 2.45) is 0 Å². The third kappa shape index (κ3) is 2.55. The molecule has 0 aliphatic heterocycles. The normalized spacial score (nSPS) is 18.1. The standard InChI is InChI=1S/C15H16BrN3/c1-17-13-6-3-7-14-12(13)9-18-15(19-14)10-4-2-5-11(16)8-10/h2,4-5,8-9,13,17H,3,6-7H2,1H3. The molecule has 1 aliphatic rings. The zero-order valence-corrected chi connectivity index (χ0v) is 12.4. The van der Waals surface area contributed by atoms with Gasteiger partial charge in [-0.3, -0.25) is 0 Å². The number of hydrogen-bond donors (Lipinski definition) is 1. The number of benzene rings is 1. The van der Waals surface area contributed by atoms with Crippen molar-refractivity contribution in [1.82, 2.24) is 15.3 Å². The summed E-state index contributed by atoms with van der Waals surface area (Å²) in [5, 5.41) is 3.34. The molecule has 1 aromatic carbocycles. The van der Waals surface area contributed by atoms with Crippen molar-refractivity contribution in [3.8, 4) is 11.4 Å². The van der Waals surface area contributed by atoms with E-state index >= 15 is 0 Å². The quantitative estimate of drug-likeness (QED) is 0.921. The molecule has 4 heteroatoms. The molecule has 98 valence electrons. The molecule has 1 unspecified atom stereocenters. The monoisotopic (exact) mass is 317 g/mol. The molecule has 3 nitrogen and oxygen atoms in total. The van der Waals surface area contributed by atoms with Gasteiger partial charge in [-0.2, -0.15) is 0 Å². The molecule has 0 saturated carbocycles. The van der Waals surface area contributed by atoms with Crippen LogP contribution in [0.15, 0.2) is 34.9 Å². The lowest BCUT2D eigenvalue weighted by Crippen LogP contribution is -2.22. The van der Waals surface area contributed by atoms with Crippen LogP contribution in [0.2, 0.25) is 0 Å². The van der Waals surface area contributed by atoms with Crippen LogP contribution in [0.3, 0.4) is 0 Å². The molecule has 1 N–H and O–H groups in total. The highest BCUT2D eigenvalue weighted by Gasteiger charge is 2.20. The average molecular weight is 318 g/mol. The minimum absolute atomic E-state index is 0.403. The molecule has 2 aromatic rings. The zero-order valence-electron chi connectivity index (χ0n) is 10.9. The number of hydrogen-bond acceptors (Lipinski definition) is 3. The number of rotatable bonds is 2. The van der Waals surface area contributed by atoms with Gasteiger partial charge in [0.25, 0.3) is 0 Å². The van der Waals surface area contributed by atoms with Gasteiger partial charge in [-0.1, -0.05) is 28.1 Å². The Morgan fingerprint density at radius 1 is 1.37 bits per heavy atom. The van der Waals surface area contributed by atoms with Crippen LogP contribution in [0.5, 0.6) is 0 Å². The van der Waals surface area contributed by atoms with Gasteiger partial charge in [-0.15, -0.1) is 0 Å². The molecule has 1 aromatic heterocycles. The number of nitrogens with zero attached hydrogens (tertiary/aromatic N) is 2. The first-order valence-corrected chi connectivity index (χ1v) is 7.36. The zero-order chi connectivity index (χ0) is 13.2. The summed E-state index contributed by atoms with van der Waals surface area (Å²) in [4.78, 5) is 9.28. The van der Waals surface area contributed by atoms with Crippen LogP contribution in [-0.4, -0.2) is 17.0 Å². The molecule has 0 amide bonds. The largest absolute Gasteiger partial charge is 0.313 e. The number of aryl methyl sites for hydroxylation is 1. The second kappa shape index (κ2) is 5.39. The molecule has 0 bridgehead atoms. The second-order valence-electron chi connectivity index (χ2n) is 4.84. The van der Waals surface area contributed by atoms with Crippen molar-refractivity contribution in [3.63, 3.8) is 0 Å². The van der Waals surface area contributed by atoms with Crippen molar-refractivity contribution in [2.45, 2.75) is 25.3 Å². The van der Waals surface area contributed by atoms with Crippen LogP contribution in [0.4, 0.5) is 0 Å². The lowest BCUT2D eigenvalue weighted by atomic mass is 9.92. The first kappa shape index (κ1) is 12.8. The maximum Gasteiger partial charge on any atom is 0.159 e. The van der Waals surface area contributed by atoms with Crippen molar-refractivity contribution >= 4 is 15.9 Å². The molecular weight excluding hydrogens is 302 g/mol. The van der Waals surface area contributed by atoms with E-state index in [1.165, 1.54) is 24.1 Å². The summed E-state index contributed by atoms with van der Waals surface area (Å²) in [6.07, 6.45) is 5.40. The molecule has 0 fully saturated rings. The Hall–Kier alpha value is -1.26. The molecule has 1 atom stereocenters. The van der Waals surface area contributed by atoms with E-state index in [9.17, 15) is 0 Å². The summed E-state index contributed by atoms with van der Waals surface area (Å²) in [5.41, 5.74) is 3.51. The maximum atomic E-state index is 4.75. The third-order valence-corrected chi connectivity index (χ3v) is 4.11. The van der Waals surface area contributed by atoms with Gasteiger partial charge < -0.3 is 5.32 Å². The lowest BCUT2D eigenvalue weighted by Gasteiger charge is -2.24. The van der Waals surface area contributed by atoms with E-state index in [0.717, 1.165) is 22.3 Å². The van der Waals surface area contributed by atoms with Crippen LogP contribution in [0.25, 0.3) is 11.4 Å². The molecule has 0 radical (unpaired) electrons. The van der Waals surface area contributed by atoms with Gasteiger partial charge in [0.2, 0.25) is 0 Å². The topological polar surface area (TPSA) is 37.8 Å². The summed E-state index contributed by atoms with van der Waals surface area (Å²) in [7, 11) is 2.00. The van der Waals surface area contributed by atoms with Crippen molar-refractivity contribution < 1.29 is 0 Å². The smallest absolute Gasteiger partial charge is 0.159 e. The van der Waals surface area contributed by atoms with E-state index in [-0.39, 0.29) is 0 Å². The fourth-order valence-electron chi connectivity index (χ4n) is 2.61. The van der Waals surface area contributed by atoms with E-state index in [2.05, 4.69) is 32.3 Å². The SMILES string of the molecule is CNC1CCCc2nc(-c3cccc(Br)c3)ncc21. The first-order chi connectivity index (χ1) is 9.28. The predicted molar refractivity (Wildman–Crippen MR) is 79.9 cm³/mol. The summed E-state index contributed by atoms with van der Waals surface area (Å²) >= 11 is 3.49. The maximum absolute atomic E-state index is 4.75. The average Bonchev–Trinajstić information content (AvgIpc) is 2.46. The van der Waals surface area contributed by atoms with Gasteiger partial charge in [0.15, 0.2) is 5.82 Å². The van der Waals surface area contributed by atoms with E-state index in [1.54, 1.807) is 0 Å². The lowest BCUT2D eigenvalue weighted by molar-refractivity contribution is 0.488. The number of nitrogens with one attached hydrogen (secondary N) is 1. The van der Waals surface area contributed by atoms with Gasteiger partial charge >= 0.3 is 0 Å². The Morgan fingerprint density at radius 2 is 2.26 bits per heavy atom. The summed E-state index contributed by atoms with van der Waals surface area (Å²) in [6.45, 7) is 0. The minimum atomic E-state index is 0.403. The van der Waals surface area contributed by atoms with Gasteiger partial charge in [-0.25, -0.2) is 9.97 Å².